The highest BCUT2D eigenvalue weighted by Crippen LogP contribution is 2.24. The van der Waals surface area contributed by atoms with Gasteiger partial charge in [0.05, 0.1) is 0 Å². The highest BCUT2D eigenvalue weighted by molar-refractivity contribution is 6.79. The van der Waals surface area contributed by atoms with Gasteiger partial charge in [-0.1, -0.05) is 77.3 Å². The predicted molar refractivity (Wildman–Crippen MR) is 96.6 cm³/mol. The maximum Gasteiger partial charge on any atom is 0.113 e. The molecule has 3 heteroatoms. The smallest absolute Gasteiger partial charge is 0.113 e. The van der Waals surface area contributed by atoms with E-state index in [1.54, 1.807) is 0 Å². The lowest BCUT2D eigenvalue weighted by Crippen LogP contribution is -2.46. The third-order valence-corrected chi connectivity index (χ3v) is 8.81. The molecule has 0 aliphatic heterocycles. The van der Waals surface area contributed by atoms with Crippen LogP contribution in [0.3, 0.4) is 0 Å². The highest BCUT2D eigenvalue weighted by atomic mass is 28.3. The van der Waals surface area contributed by atoms with E-state index in [0.717, 1.165) is 25.7 Å². The van der Waals surface area contributed by atoms with E-state index in [1.165, 1.54) is 63.5 Å². The molecule has 0 N–H and O–H groups in total. The molecule has 0 aliphatic carbocycles. The lowest BCUT2D eigenvalue weighted by molar-refractivity contribution is 0.160. The molecule has 0 aliphatic rings. The van der Waals surface area contributed by atoms with Gasteiger partial charge in [0.25, 0.3) is 0 Å². The van der Waals surface area contributed by atoms with Crippen LogP contribution in [0.4, 0.5) is 0 Å². The Bertz CT molecular complexity index is 187. The maximum atomic E-state index is 5.89. The second kappa shape index (κ2) is 15.0. The van der Waals surface area contributed by atoms with E-state index in [-0.39, 0.29) is 0 Å². The number of ether oxygens (including phenoxy) is 2. The van der Waals surface area contributed by atoms with Crippen molar-refractivity contribution < 1.29 is 9.47 Å². The van der Waals surface area contributed by atoms with E-state index >= 15 is 0 Å². The van der Waals surface area contributed by atoms with Crippen LogP contribution >= 0.6 is 0 Å². The van der Waals surface area contributed by atoms with Gasteiger partial charge in [0.15, 0.2) is 0 Å². The quantitative estimate of drug-likeness (QED) is 0.267. The van der Waals surface area contributed by atoms with E-state index in [9.17, 15) is 0 Å². The average molecular weight is 317 g/mol. The number of rotatable bonds is 16. The zero-order valence-corrected chi connectivity index (χ0v) is 16.2. The summed E-state index contributed by atoms with van der Waals surface area (Å²) in [6.45, 7) is 10.5. The van der Waals surface area contributed by atoms with Gasteiger partial charge in [-0.2, -0.15) is 0 Å². The first kappa shape index (κ1) is 21.1. The molecule has 0 saturated heterocycles. The molecule has 0 amide bonds. The van der Waals surface area contributed by atoms with Crippen molar-refractivity contribution in [2.45, 2.75) is 91.1 Å². The molecule has 0 rings (SSSR count). The highest BCUT2D eigenvalue weighted by Gasteiger charge is 2.32. The minimum atomic E-state index is -1.38. The topological polar surface area (TPSA) is 18.5 Å². The fraction of sp³-hybridized carbons (Fsp3) is 1.00. The molecule has 2 nitrogen and oxygen atoms in total. The van der Waals surface area contributed by atoms with Gasteiger partial charge in [0, 0.05) is 25.7 Å². The summed E-state index contributed by atoms with van der Waals surface area (Å²) < 4.78 is 11.8. The predicted octanol–water partition coefficient (Wildman–Crippen LogP) is 5.75. The third-order valence-electron chi connectivity index (χ3n) is 4.35. The second-order valence-electron chi connectivity index (χ2n) is 6.40. The number of hydrogen-bond acceptors (Lipinski definition) is 2. The number of hydrogen-bond donors (Lipinski definition) is 0. The van der Waals surface area contributed by atoms with Crippen LogP contribution in [-0.2, 0) is 9.47 Å². The van der Waals surface area contributed by atoms with Crippen LogP contribution in [0.25, 0.3) is 0 Å². The Hall–Kier alpha value is 0.137. The van der Waals surface area contributed by atoms with Gasteiger partial charge in [-0.05, 0) is 13.8 Å². The molecule has 0 bridgehead atoms. The summed E-state index contributed by atoms with van der Waals surface area (Å²) in [4.78, 5) is 0. The van der Waals surface area contributed by atoms with E-state index < -0.39 is 8.07 Å². The van der Waals surface area contributed by atoms with Crippen molar-refractivity contribution in [3.8, 4) is 0 Å². The first-order chi connectivity index (χ1) is 10.2. The molecule has 0 radical (unpaired) electrons. The zero-order valence-electron chi connectivity index (χ0n) is 15.2. The fourth-order valence-electron chi connectivity index (χ4n) is 2.95. The molecular weight excluding hydrogens is 276 g/mol. The standard InChI is InChI=1S/C18H40O2Si/c1-5-9-11-13-15-21(17-19-7-3,18-20-8-4)16-14-12-10-6-2/h5-18H2,1-4H3. The molecule has 0 saturated carbocycles. The lowest BCUT2D eigenvalue weighted by atomic mass is 10.2. The van der Waals surface area contributed by atoms with Gasteiger partial charge in [-0.25, -0.2) is 0 Å². The molecule has 0 aromatic rings. The summed E-state index contributed by atoms with van der Waals surface area (Å²) in [6, 6.07) is 2.80. The van der Waals surface area contributed by atoms with Gasteiger partial charge in [0.1, 0.15) is 8.07 Å². The van der Waals surface area contributed by atoms with E-state index in [0.29, 0.717) is 0 Å². The summed E-state index contributed by atoms with van der Waals surface area (Å²) in [6.07, 6.45) is 13.0. The molecule has 128 valence electrons. The monoisotopic (exact) mass is 316 g/mol. The molecule has 0 fully saturated rings. The first-order valence-electron chi connectivity index (χ1n) is 9.40. The minimum absolute atomic E-state index is 0.852. The Morgan fingerprint density at radius 3 is 1.33 bits per heavy atom. The molecule has 0 spiro atoms. The summed E-state index contributed by atoms with van der Waals surface area (Å²) in [5, 5.41) is 0. The van der Waals surface area contributed by atoms with Crippen molar-refractivity contribution in [3.63, 3.8) is 0 Å². The van der Waals surface area contributed by atoms with Gasteiger partial charge >= 0.3 is 0 Å². The Balaban J connectivity index is 4.43. The molecule has 21 heavy (non-hydrogen) atoms. The van der Waals surface area contributed by atoms with Gasteiger partial charge < -0.3 is 9.47 Å². The van der Waals surface area contributed by atoms with Crippen LogP contribution in [0, 0.1) is 0 Å². The van der Waals surface area contributed by atoms with Gasteiger partial charge in [-0.15, -0.1) is 0 Å². The summed E-state index contributed by atoms with van der Waals surface area (Å²) in [7, 11) is -1.38. The molecule has 0 atom stereocenters. The Kier molecular flexibility index (Phi) is 15.1. The third kappa shape index (κ3) is 11.4. The van der Waals surface area contributed by atoms with Crippen LogP contribution in [0.1, 0.15) is 79.1 Å². The van der Waals surface area contributed by atoms with Crippen molar-refractivity contribution in [3.05, 3.63) is 0 Å². The Morgan fingerprint density at radius 1 is 0.571 bits per heavy atom. The summed E-state index contributed by atoms with van der Waals surface area (Å²) in [5.74, 6) is 0. The summed E-state index contributed by atoms with van der Waals surface area (Å²) >= 11 is 0. The van der Waals surface area contributed by atoms with Crippen molar-refractivity contribution in [2.75, 3.05) is 25.7 Å². The number of unbranched alkanes of at least 4 members (excludes halogenated alkanes) is 6. The molecule has 0 aromatic heterocycles. The van der Waals surface area contributed by atoms with Crippen LogP contribution < -0.4 is 0 Å². The van der Waals surface area contributed by atoms with E-state index in [2.05, 4.69) is 27.7 Å². The van der Waals surface area contributed by atoms with Crippen molar-refractivity contribution in [1.82, 2.24) is 0 Å². The Morgan fingerprint density at radius 2 is 1.00 bits per heavy atom. The molecular formula is C18H40O2Si. The Labute approximate surface area is 135 Å². The van der Waals surface area contributed by atoms with Crippen molar-refractivity contribution in [1.29, 1.82) is 0 Å². The first-order valence-corrected chi connectivity index (χ1v) is 12.2. The SMILES string of the molecule is CCCCCC[Si](CCCCCC)(COCC)COCC. The molecule has 0 unspecified atom stereocenters. The maximum absolute atomic E-state index is 5.89. The van der Waals surface area contributed by atoms with Crippen molar-refractivity contribution in [2.24, 2.45) is 0 Å². The largest absolute Gasteiger partial charge is 0.385 e. The summed E-state index contributed by atoms with van der Waals surface area (Å²) in [5.41, 5.74) is 0. The van der Waals surface area contributed by atoms with Crippen LogP contribution in [-0.4, -0.2) is 33.7 Å². The lowest BCUT2D eigenvalue weighted by Gasteiger charge is -2.31. The minimum Gasteiger partial charge on any atom is -0.385 e. The van der Waals surface area contributed by atoms with Crippen LogP contribution in [0.2, 0.25) is 12.1 Å². The van der Waals surface area contributed by atoms with E-state index in [4.69, 9.17) is 9.47 Å². The van der Waals surface area contributed by atoms with Crippen LogP contribution in [0.15, 0.2) is 0 Å². The normalized spacial score (nSPS) is 12.0. The molecule has 0 aromatic carbocycles. The molecule has 0 heterocycles. The average Bonchev–Trinajstić information content (AvgIpc) is 2.51. The van der Waals surface area contributed by atoms with Gasteiger partial charge in [-0.3, -0.25) is 0 Å². The van der Waals surface area contributed by atoms with Gasteiger partial charge in [0.2, 0.25) is 0 Å². The van der Waals surface area contributed by atoms with Crippen LogP contribution in [0.5, 0.6) is 0 Å². The zero-order chi connectivity index (χ0) is 15.8. The fourth-order valence-corrected chi connectivity index (χ4v) is 7.13. The second-order valence-corrected chi connectivity index (χ2v) is 11.0. The van der Waals surface area contributed by atoms with E-state index in [1.807, 2.05) is 0 Å². The van der Waals surface area contributed by atoms with Crippen molar-refractivity contribution >= 4 is 8.07 Å².